The number of benzene rings is 2. The molecule has 2 heterocycles. The molecule has 2 N–H and O–H groups in total. The first kappa shape index (κ1) is 16.3. The van der Waals surface area contributed by atoms with E-state index in [1.807, 2.05) is 0 Å². The molecular formula is C18H10F5N3. The normalized spacial score (nSPS) is 12.0. The monoisotopic (exact) mass is 363 g/mol. The third-order valence-corrected chi connectivity index (χ3v) is 4.03. The maximum Gasteiger partial charge on any atom is 0.416 e. The molecule has 3 nitrogen and oxygen atoms in total. The van der Waals surface area contributed by atoms with Crippen molar-refractivity contribution in [3.8, 4) is 0 Å². The quantitative estimate of drug-likeness (QED) is 0.445. The summed E-state index contributed by atoms with van der Waals surface area (Å²) in [7, 11) is 0. The van der Waals surface area contributed by atoms with Gasteiger partial charge in [-0.05, 0) is 29.7 Å². The second kappa shape index (κ2) is 5.69. The fourth-order valence-electron chi connectivity index (χ4n) is 2.74. The minimum atomic E-state index is -4.44. The van der Waals surface area contributed by atoms with Crippen LogP contribution in [0.3, 0.4) is 0 Å². The number of hydrogen-bond donors (Lipinski definition) is 2. The second-order valence-corrected chi connectivity index (χ2v) is 5.77. The van der Waals surface area contributed by atoms with Crippen LogP contribution in [-0.4, -0.2) is 9.97 Å². The van der Waals surface area contributed by atoms with Crippen molar-refractivity contribution < 1.29 is 22.0 Å². The first-order chi connectivity index (χ1) is 12.3. The molecule has 4 rings (SSSR count). The Morgan fingerprint density at radius 2 is 1.69 bits per heavy atom. The van der Waals surface area contributed by atoms with Crippen molar-refractivity contribution in [2.24, 2.45) is 0 Å². The topological polar surface area (TPSA) is 40.7 Å². The third kappa shape index (κ3) is 2.83. The molecule has 0 saturated carbocycles. The zero-order chi connectivity index (χ0) is 18.5. The van der Waals surface area contributed by atoms with E-state index in [0.717, 1.165) is 24.3 Å². The van der Waals surface area contributed by atoms with Crippen LogP contribution in [0.2, 0.25) is 0 Å². The summed E-state index contributed by atoms with van der Waals surface area (Å²) in [5.74, 6) is -1.70. The van der Waals surface area contributed by atoms with Gasteiger partial charge in [0.15, 0.2) is 11.6 Å². The molecule has 0 radical (unpaired) electrons. The average Bonchev–Trinajstić information content (AvgIpc) is 2.95. The average molecular weight is 363 g/mol. The summed E-state index contributed by atoms with van der Waals surface area (Å²) in [6.07, 6.45) is -1.50. The van der Waals surface area contributed by atoms with Gasteiger partial charge >= 0.3 is 6.18 Å². The molecule has 0 aliphatic heterocycles. The van der Waals surface area contributed by atoms with Crippen LogP contribution in [0.25, 0.3) is 21.7 Å². The van der Waals surface area contributed by atoms with Crippen LogP contribution in [0, 0.1) is 11.6 Å². The number of pyridine rings is 1. The summed E-state index contributed by atoms with van der Waals surface area (Å²) < 4.78 is 65.3. The predicted molar refractivity (Wildman–Crippen MR) is 88.2 cm³/mol. The van der Waals surface area contributed by atoms with Crippen molar-refractivity contribution in [1.29, 1.82) is 0 Å². The fraction of sp³-hybridized carbons (Fsp3) is 0.0556. The fourth-order valence-corrected chi connectivity index (χ4v) is 2.74. The predicted octanol–water partition coefficient (Wildman–Crippen LogP) is 5.76. The Morgan fingerprint density at radius 1 is 0.923 bits per heavy atom. The number of alkyl halides is 3. The lowest BCUT2D eigenvalue weighted by molar-refractivity contribution is -0.137. The number of halogens is 5. The molecule has 0 bridgehead atoms. The molecule has 0 amide bonds. The Hall–Kier alpha value is -3.16. The number of aromatic nitrogens is 2. The van der Waals surface area contributed by atoms with E-state index in [4.69, 9.17) is 0 Å². The van der Waals surface area contributed by atoms with Crippen LogP contribution in [-0.2, 0) is 6.18 Å². The van der Waals surface area contributed by atoms with Crippen LogP contribution < -0.4 is 5.32 Å². The van der Waals surface area contributed by atoms with Crippen molar-refractivity contribution >= 4 is 33.2 Å². The highest BCUT2D eigenvalue weighted by atomic mass is 19.4. The lowest BCUT2D eigenvalue weighted by Gasteiger charge is -2.09. The number of rotatable bonds is 2. The Balaban J connectivity index is 1.74. The number of hydrogen-bond acceptors (Lipinski definition) is 2. The van der Waals surface area contributed by atoms with Gasteiger partial charge in [0.1, 0.15) is 5.82 Å². The van der Waals surface area contributed by atoms with E-state index >= 15 is 0 Å². The summed E-state index contributed by atoms with van der Waals surface area (Å²) in [4.78, 5) is 6.94. The molecule has 0 saturated heterocycles. The zero-order valence-corrected chi connectivity index (χ0v) is 13.0. The number of anilines is 2. The first-order valence-electron chi connectivity index (χ1n) is 7.51. The summed E-state index contributed by atoms with van der Waals surface area (Å²) in [5, 5.41) is 4.22. The minimum Gasteiger partial charge on any atom is -0.359 e. The number of nitrogens with zero attached hydrogens (tertiary/aromatic N) is 1. The van der Waals surface area contributed by atoms with Gasteiger partial charge in [-0.15, -0.1) is 0 Å². The number of H-pyrrole nitrogens is 1. The van der Waals surface area contributed by atoms with Crippen molar-refractivity contribution in [2.45, 2.75) is 6.18 Å². The first-order valence-corrected chi connectivity index (χ1v) is 7.51. The smallest absolute Gasteiger partial charge is 0.359 e. The largest absolute Gasteiger partial charge is 0.416 e. The molecule has 26 heavy (non-hydrogen) atoms. The van der Waals surface area contributed by atoms with E-state index in [1.54, 1.807) is 0 Å². The minimum absolute atomic E-state index is 0.280. The summed E-state index contributed by atoms with van der Waals surface area (Å²) in [5.41, 5.74) is 0.0519. The van der Waals surface area contributed by atoms with Gasteiger partial charge in [0, 0.05) is 29.2 Å². The van der Waals surface area contributed by atoms with Crippen molar-refractivity contribution in [3.05, 3.63) is 66.0 Å². The maximum absolute atomic E-state index is 13.5. The van der Waals surface area contributed by atoms with E-state index < -0.39 is 23.4 Å². The van der Waals surface area contributed by atoms with Crippen LogP contribution >= 0.6 is 0 Å². The summed E-state index contributed by atoms with van der Waals surface area (Å²) in [6.45, 7) is 0. The molecule has 2 aromatic heterocycles. The Kier molecular flexibility index (Phi) is 3.57. The lowest BCUT2D eigenvalue weighted by atomic mass is 10.1. The van der Waals surface area contributed by atoms with E-state index in [0.29, 0.717) is 27.4 Å². The molecule has 0 aliphatic carbocycles. The van der Waals surface area contributed by atoms with Gasteiger partial charge in [-0.3, -0.25) is 0 Å². The van der Waals surface area contributed by atoms with Crippen molar-refractivity contribution in [2.75, 3.05) is 5.32 Å². The molecule has 132 valence electrons. The van der Waals surface area contributed by atoms with E-state index in [2.05, 4.69) is 15.3 Å². The Bertz CT molecular complexity index is 1130. The Morgan fingerprint density at radius 3 is 2.46 bits per heavy atom. The highest BCUT2D eigenvalue weighted by Gasteiger charge is 2.30. The Labute approximate surface area is 143 Å². The van der Waals surface area contributed by atoms with E-state index in [9.17, 15) is 22.0 Å². The SMILES string of the molecule is Fc1cc2[nH]cc(Nc3cc4cc(C(F)(F)F)ccc4cn3)c2cc1F. The van der Waals surface area contributed by atoms with Crippen LogP contribution in [0.5, 0.6) is 0 Å². The molecule has 0 spiro atoms. The van der Waals surface area contributed by atoms with Gasteiger partial charge in [-0.1, -0.05) is 6.07 Å². The van der Waals surface area contributed by atoms with Crippen LogP contribution in [0.15, 0.2) is 48.8 Å². The maximum atomic E-state index is 13.5. The van der Waals surface area contributed by atoms with Gasteiger partial charge in [-0.25, -0.2) is 13.8 Å². The molecule has 2 aromatic carbocycles. The number of nitrogens with one attached hydrogen (secondary N) is 2. The molecular weight excluding hydrogens is 353 g/mol. The van der Waals surface area contributed by atoms with Gasteiger partial charge in [0.05, 0.1) is 16.8 Å². The molecule has 0 atom stereocenters. The molecule has 0 aliphatic rings. The third-order valence-electron chi connectivity index (χ3n) is 4.03. The van der Waals surface area contributed by atoms with Gasteiger partial charge in [0.25, 0.3) is 0 Å². The molecule has 4 aromatic rings. The zero-order valence-electron chi connectivity index (χ0n) is 13.0. The standard InChI is InChI=1S/C18H10F5N3/c19-13-5-12-15(6-14(13)20)24-8-16(12)26-17-4-10-3-11(18(21,22)23)2-1-9(10)7-25-17/h1-8,24H,(H,25,26). The molecule has 0 fully saturated rings. The van der Waals surface area contributed by atoms with Crippen LogP contribution in [0.1, 0.15) is 5.56 Å². The van der Waals surface area contributed by atoms with E-state index in [-0.39, 0.29) is 5.82 Å². The van der Waals surface area contributed by atoms with Crippen LogP contribution in [0.4, 0.5) is 33.5 Å². The second-order valence-electron chi connectivity index (χ2n) is 5.77. The summed E-state index contributed by atoms with van der Waals surface area (Å²) in [6, 6.07) is 6.90. The molecule has 0 unspecified atom stereocenters. The molecule has 8 heteroatoms. The highest BCUT2D eigenvalue weighted by Crippen LogP contribution is 2.33. The number of aromatic amines is 1. The van der Waals surface area contributed by atoms with Crippen molar-refractivity contribution in [1.82, 2.24) is 9.97 Å². The summed E-state index contributed by atoms with van der Waals surface area (Å²) >= 11 is 0. The highest BCUT2D eigenvalue weighted by molar-refractivity contribution is 5.94. The lowest BCUT2D eigenvalue weighted by Crippen LogP contribution is -2.04. The number of fused-ring (bicyclic) bond motifs is 2. The van der Waals surface area contributed by atoms with Gasteiger partial charge < -0.3 is 10.3 Å². The van der Waals surface area contributed by atoms with Gasteiger partial charge in [-0.2, -0.15) is 13.2 Å². The van der Waals surface area contributed by atoms with Gasteiger partial charge in [0.2, 0.25) is 0 Å². The van der Waals surface area contributed by atoms with E-state index in [1.165, 1.54) is 24.5 Å². The van der Waals surface area contributed by atoms with Crippen molar-refractivity contribution in [3.63, 3.8) is 0 Å².